The van der Waals surface area contributed by atoms with Gasteiger partial charge in [-0.1, -0.05) is 25.5 Å². The molecule has 0 aliphatic rings. The van der Waals surface area contributed by atoms with Crippen molar-refractivity contribution >= 4 is 10.9 Å². The van der Waals surface area contributed by atoms with Gasteiger partial charge in [0.1, 0.15) is 0 Å². The number of aliphatic hydroxyl groups is 1. The van der Waals surface area contributed by atoms with Gasteiger partial charge in [0.05, 0.1) is 11.1 Å². The topological polar surface area (TPSA) is 45.1 Å². The molecule has 1 heterocycles. The molecule has 2 N–H and O–H groups in total. The van der Waals surface area contributed by atoms with Gasteiger partial charge in [-0.25, -0.2) is 0 Å². The highest BCUT2D eigenvalue weighted by atomic mass is 16.3. The lowest BCUT2D eigenvalue weighted by atomic mass is 10.0. The first-order chi connectivity index (χ1) is 9.50. The van der Waals surface area contributed by atoms with Crippen molar-refractivity contribution in [1.82, 2.24) is 10.3 Å². The van der Waals surface area contributed by atoms with Crippen molar-refractivity contribution < 1.29 is 5.11 Å². The predicted molar refractivity (Wildman–Crippen MR) is 83.7 cm³/mol. The monoisotopic (exact) mass is 272 g/mol. The van der Waals surface area contributed by atoms with Gasteiger partial charge in [-0.15, -0.1) is 0 Å². The molecule has 0 fully saturated rings. The van der Waals surface area contributed by atoms with Crippen molar-refractivity contribution in [2.45, 2.75) is 45.8 Å². The minimum Gasteiger partial charge on any atom is -0.389 e. The summed E-state index contributed by atoms with van der Waals surface area (Å²) in [5.74, 6) is 0. The van der Waals surface area contributed by atoms with Crippen LogP contribution in [0.5, 0.6) is 0 Å². The quantitative estimate of drug-likeness (QED) is 0.849. The molecule has 3 heteroatoms. The van der Waals surface area contributed by atoms with Gasteiger partial charge in [0.2, 0.25) is 0 Å². The van der Waals surface area contributed by atoms with Crippen molar-refractivity contribution in [2.75, 3.05) is 6.54 Å². The number of nitrogens with one attached hydrogen (secondary N) is 1. The summed E-state index contributed by atoms with van der Waals surface area (Å²) < 4.78 is 0. The number of hydrogen-bond donors (Lipinski definition) is 2. The second kappa shape index (κ2) is 6.33. The van der Waals surface area contributed by atoms with Crippen LogP contribution in [0.3, 0.4) is 0 Å². The van der Waals surface area contributed by atoms with Gasteiger partial charge >= 0.3 is 0 Å². The fourth-order valence-electron chi connectivity index (χ4n) is 2.49. The second-order valence-electron chi connectivity index (χ2n) is 5.83. The number of nitrogens with zero attached hydrogens (tertiary/aromatic N) is 1. The molecule has 0 aliphatic carbocycles. The Bertz CT molecular complexity index is 578. The molecule has 0 bridgehead atoms. The number of aromatic nitrogens is 1. The largest absolute Gasteiger partial charge is 0.389 e. The van der Waals surface area contributed by atoms with Crippen LogP contribution in [0.4, 0.5) is 0 Å². The van der Waals surface area contributed by atoms with Crippen LogP contribution in [-0.2, 0) is 6.54 Å². The van der Waals surface area contributed by atoms with Crippen LogP contribution in [0, 0.1) is 6.92 Å². The molecular formula is C17H24N2O. The molecule has 108 valence electrons. The van der Waals surface area contributed by atoms with Crippen molar-refractivity contribution in [3.05, 3.63) is 41.6 Å². The van der Waals surface area contributed by atoms with Gasteiger partial charge in [-0.3, -0.25) is 4.98 Å². The molecule has 0 aliphatic heterocycles. The molecule has 1 unspecified atom stereocenters. The number of hydrogen-bond acceptors (Lipinski definition) is 3. The van der Waals surface area contributed by atoms with E-state index in [9.17, 15) is 5.11 Å². The molecule has 0 radical (unpaired) electrons. The molecule has 1 aromatic carbocycles. The molecule has 20 heavy (non-hydrogen) atoms. The summed E-state index contributed by atoms with van der Waals surface area (Å²) in [4.78, 5) is 4.50. The van der Waals surface area contributed by atoms with E-state index in [1.54, 1.807) is 0 Å². The molecule has 1 aromatic heterocycles. The smallest absolute Gasteiger partial charge is 0.0743 e. The summed E-state index contributed by atoms with van der Waals surface area (Å²) in [6.45, 7) is 7.36. The Kier molecular flexibility index (Phi) is 4.73. The fourth-order valence-corrected chi connectivity index (χ4v) is 2.49. The van der Waals surface area contributed by atoms with Crippen molar-refractivity contribution in [3.8, 4) is 0 Å². The van der Waals surface area contributed by atoms with Crippen LogP contribution in [0.1, 0.15) is 37.9 Å². The standard InChI is InChI=1S/C17H24N2O/c1-4-9-17(3,20)12-18-11-14-6-8-16-15(10-14)7-5-13(2)19-16/h5-8,10,18,20H,4,9,11-12H2,1-3H3. The third-order valence-corrected chi connectivity index (χ3v) is 3.52. The van der Waals surface area contributed by atoms with Crippen molar-refractivity contribution in [1.29, 1.82) is 0 Å². The van der Waals surface area contributed by atoms with Crippen molar-refractivity contribution in [2.24, 2.45) is 0 Å². The minimum absolute atomic E-state index is 0.616. The highest BCUT2D eigenvalue weighted by Gasteiger charge is 2.17. The van der Waals surface area contributed by atoms with Gasteiger partial charge in [0, 0.05) is 24.2 Å². The highest BCUT2D eigenvalue weighted by Crippen LogP contribution is 2.15. The van der Waals surface area contributed by atoms with E-state index in [2.05, 4.69) is 41.5 Å². The van der Waals surface area contributed by atoms with Crippen LogP contribution < -0.4 is 5.32 Å². The Labute approximate surface area is 121 Å². The molecule has 2 aromatic rings. The first-order valence-electron chi connectivity index (χ1n) is 7.29. The summed E-state index contributed by atoms with van der Waals surface area (Å²) in [5.41, 5.74) is 2.67. The van der Waals surface area contributed by atoms with Crippen LogP contribution in [0.2, 0.25) is 0 Å². The van der Waals surface area contributed by atoms with Crippen LogP contribution in [-0.4, -0.2) is 22.2 Å². The Morgan fingerprint density at radius 2 is 2.05 bits per heavy atom. The number of aryl methyl sites for hydroxylation is 1. The maximum Gasteiger partial charge on any atom is 0.0743 e. The average Bonchev–Trinajstić information content (AvgIpc) is 2.38. The molecule has 2 rings (SSSR count). The Morgan fingerprint density at radius 3 is 2.80 bits per heavy atom. The fraction of sp³-hybridized carbons (Fsp3) is 0.471. The first kappa shape index (κ1) is 14.9. The predicted octanol–water partition coefficient (Wildman–Crippen LogP) is 3.18. The lowest BCUT2D eigenvalue weighted by molar-refractivity contribution is 0.0498. The van der Waals surface area contributed by atoms with Gasteiger partial charge in [-0.2, -0.15) is 0 Å². The SMILES string of the molecule is CCCC(C)(O)CNCc1ccc2nc(C)ccc2c1. The lowest BCUT2D eigenvalue weighted by Gasteiger charge is -2.23. The van der Waals surface area contributed by atoms with E-state index in [0.717, 1.165) is 36.0 Å². The van der Waals surface area contributed by atoms with E-state index in [1.165, 1.54) is 5.56 Å². The van der Waals surface area contributed by atoms with E-state index < -0.39 is 5.60 Å². The zero-order chi connectivity index (χ0) is 14.6. The van der Waals surface area contributed by atoms with E-state index in [0.29, 0.717) is 6.54 Å². The van der Waals surface area contributed by atoms with Crippen LogP contribution in [0.15, 0.2) is 30.3 Å². The summed E-state index contributed by atoms with van der Waals surface area (Å²) in [6.07, 6.45) is 1.82. The number of pyridine rings is 1. The maximum absolute atomic E-state index is 10.1. The summed E-state index contributed by atoms with van der Waals surface area (Å²) in [6, 6.07) is 10.4. The zero-order valence-corrected chi connectivity index (χ0v) is 12.6. The van der Waals surface area contributed by atoms with Crippen molar-refractivity contribution in [3.63, 3.8) is 0 Å². The Hall–Kier alpha value is -1.45. The Morgan fingerprint density at radius 1 is 1.25 bits per heavy atom. The summed E-state index contributed by atoms with van der Waals surface area (Å²) in [5, 5.41) is 14.6. The lowest BCUT2D eigenvalue weighted by Crippen LogP contribution is -2.37. The van der Waals surface area contributed by atoms with E-state index in [1.807, 2.05) is 19.9 Å². The molecule has 0 amide bonds. The normalized spacial score (nSPS) is 14.4. The van der Waals surface area contributed by atoms with E-state index >= 15 is 0 Å². The zero-order valence-electron chi connectivity index (χ0n) is 12.6. The first-order valence-corrected chi connectivity index (χ1v) is 7.29. The second-order valence-corrected chi connectivity index (χ2v) is 5.83. The Balaban J connectivity index is 1.98. The van der Waals surface area contributed by atoms with Gasteiger partial charge in [-0.05, 0) is 44.0 Å². The van der Waals surface area contributed by atoms with Crippen LogP contribution in [0.25, 0.3) is 10.9 Å². The highest BCUT2D eigenvalue weighted by molar-refractivity contribution is 5.79. The van der Waals surface area contributed by atoms with Gasteiger partial charge in [0.15, 0.2) is 0 Å². The van der Waals surface area contributed by atoms with Crippen LogP contribution >= 0.6 is 0 Å². The molecule has 3 nitrogen and oxygen atoms in total. The molecule has 1 atom stereocenters. The third kappa shape index (κ3) is 4.02. The maximum atomic E-state index is 10.1. The molecule has 0 saturated heterocycles. The summed E-state index contributed by atoms with van der Waals surface area (Å²) >= 11 is 0. The molecule has 0 saturated carbocycles. The number of rotatable bonds is 6. The molecule has 0 spiro atoms. The number of benzene rings is 1. The van der Waals surface area contributed by atoms with Gasteiger partial charge < -0.3 is 10.4 Å². The van der Waals surface area contributed by atoms with Gasteiger partial charge in [0.25, 0.3) is 0 Å². The van der Waals surface area contributed by atoms with E-state index in [4.69, 9.17) is 0 Å². The number of fused-ring (bicyclic) bond motifs is 1. The van der Waals surface area contributed by atoms with E-state index in [-0.39, 0.29) is 0 Å². The minimum atomic E-state index is -0.621. The summed E-state index contributed by atoms with van der Waals surface area (Å²) in [7, 11) is 0. The molecular weight excluding hydrogens is 248 g/mol. The average molecular weight is 272 g/mol. The third-order valence-electron chi connectivity index (χ3n) is 3.52.